The first kappa shape index (κ1) is 15.7. The monoisotopic (exact) mass is 300 g/mol. The average molecular weight is 300 g/mol. The molecule has 0 aliphatic heterocycles. The maximum atomic E-state index is 12.8. The normalized spacial score (nSPS) is 14.9. The van der Waals surface area contributed by atoms with Gasteiger partial charge in [0.15, 0.2) is 0 Å². The molecular weight excluding hydrogens is 281 g/mol. The van der Waals surface area contributed by atoms with Gasteiger partial charge < -0.3 is 10.2 Å². The maximum Gasteiger partial charge on any atom is 0.416 e. The van der Waals surface area contributed by atoms with Crippen LogP contribution in [-0.4, -0.2) is 30.9 Å². The molecule has 0 heterocycles. The molecule has 0 radical (unpaired) electrons. The van der Waals surface area contributed by atoms with Crippen molar-refractivity contribution in [1.82, 2.24) is 4.90 Å². The van der Waals surface area contributed by atoms with Gasteiger partial charge in [0.25, 0.3) is 5.91 Å². The lowest BCUT2D eigenvalue weighted by atomic mass is 10.1. The second kappa shape index (κ2) is 5.95. The Balaban J connectivity index is 2.30. The molecule has 1 aromatic carbocycles. The van der Waals surface area contributed by atoms with Crippen LogP contribution in [0, 0.1) is 5.92 Å². The molecular formula is C15H19F3N2O. The van der Waals surface area contributed by atoms with E-state index >= 15 is 0 Å². The summed E-state index contributed by atoms with van der Waals surface area (Å²) in [5.41, 5.74) is -0.278. The maximum absolute atomic E-state index is 12.8. The van der Waals surface area contributed by atoms with Gasteiger partial charge in [0.05, 0.1) is 11.1 Å². The predicted octanol–water partition coefficient (Wildman–Crippen LogP) is 3.62. The standard InChI is InChI=1S/C15H19F3N2O/c1-3-19-13-7-6-11(15(16,17)18)8-12(13)14(21)20(2)9-10-4-5-10/h6-8,10,19H,3-5,9H2,1-2H3. The highest BCUT2D eigenvalue weighted by molar-refractivity contribution is 5.99. The van der Waals surface area contributed by atoms with E-state index in [-0.39, 0.29) is 11.5 Å². The van der Waals surface area contributed by atoms with Gasteiger partial charge in [0.2, 0.25) is 0 Å². The number of alkyl halides is 3. The second-order valence-corrected chi connectivity index (χ2v) is 5.42. The molecule has 21 heavy (non-hydrogen) atoms. The van der Waals surface area contributed by atoms with E-state index in [1.807, 2.05) is 6.92 Å². The number of nitrogens with zero attached hydrogens (tertiary/aromatic N) is 1. The zero-order valence-electron chi connectivity index (χ0n) is 12.1. The Morgan fingerprint density at radius 2 is 2.05 bits per heavy atom. The number of halogens is 3. The first-order valence-corrected chi connectivity index (χ1v) is 7.03. The van der Waals surface area contributed by atoms with Crippen LogP contribution in [0.15, 0.2) is 18.2 Å². The number of carbonyl (C=O) groups excluding carboxylic acids is 1. The Hall–Kier alpha value is -1.72. The summed E-state index contributed by atoms with van der Waals surface area (Å²) in [6.07, 6.45) is -2.28. The predicted molar refractivity (Wildman–Crippen MR) is 75.3 cm³/mol. The van der Waals surface area contributed by atoms with E-state index in [0.717, 1.165) is 25.0 Å². The van der Waals surface area contributed by atoms with Crippen LogP contribution in [-0.2, 0) is 6.18 Å². The molecule has 0 atom stereocenters. The van der Waals surface area contributed by atoms with Gasteiger partial charge in [0, 0.05) is 25.8 Å². The molecule has 2 rings (SSSR count). The molecule has 1 aromatic rings. The van der Waals surface area contributed by atoms with E-state index in [4.69, 9.17) is 0 Å². The quantitative estimate of drug-likeness (QED) is 0.901. The molecule has 1 N–H and O–H groups in total. The fraction of sp³-hybridized carbons (Fsp3) is 0.533. The Morgan fingerprint density at radius 3 is 2.57 bits per heavy atom. The number of nitrogens with one attached hydrogen (secondary N) is 1. The second-order valence-electron chi connectivity index (χ2n) is 5.42. The molecule has 1 aliphatic rings. The van der Waals surface area contributed by atoms with Gasteiger partial charge in [-0.05, 0) is 43.9 Å². The largest absolute Gasteiger partial charge is 0.416 e. The third kappa shape index (κ3) is 3.89. The van der Waals surface area contributed by atoms with Gasteiger partial charge in [-0.25, -0.2) is 0 Å². The van der Waals surface area contributed by atoms with Gasteiger partial charge in [0.1, 0.15) is 0 Å². The van der Waals surface area contributed by atoms with E-state index in [9.17, 15) is 18.0 Å². The minimum Gasteiger partial charge on any atom is -0.385 e. The molecule has 3 nitrogen and oxygen atoms in total. The van der Waals surface area contributed by atoms with Gasteiger partial charge in [-0.2, -0.15) is 13.2 Å². The van der Waals surface area contributed by atoms with Gasteiger partial charge >= 0.3 is 6.18 Å². The zero-order chi connectivity index (χ0) is 15.6. The molecule has 1 amide bonds. The molecule has 0 saturated heterocycles. The van der Waals surface area contributed by atoms with E-state index in [1.165, 1.54) is 11.0 Å². The number of benzene rings is 1. The topological polar surface area (TPSA) is 32.3 Å². The zero-order valence-corrected chi connectivity index (χ0v) is 12.1. The van der Waals surface area contributed by atoms with E-state index < -0.39 is 11.7 Å². The third-order valence-electron chi connectivity index (χ3n) is 3.52. The molecule has 1 fully saturated rings. The van der Waals surface area contributed by atoms with Crippen LogP contribution < -0.4 is 5.32 Å². The van der Waals surface area contributed by atoms with Crippen molar-refractivity contribution in [2.24, 2.45) is 5.92 Å². The van der Waals surface area contributed by atoms with Crippen LogP contribution in [0.1, 0.15) is 35.7 Å². The Morgan fingerprint density at radius 1 is 1.38 bits per heavy atom. The smallest absolute Gasteiger partial charge is 0.385 e. The summed E-state index contributed by atoms with van der Waals surface area (Å²) < 4.78 is 38.5. The number of carbonyl (C=O) groups is 1. The summed E-state index contributed by atoms with van der Waals surface area (Å²) in [7, 11) is 1.64. The van der Waals surface area contributed by atoms with Crippen LogP contribution in [0.5, 0.6) is 0 Å². The minimum atomic E-state index is -4.45. The molecule has 0 spiro atoms. The summed E-state index contributed by atoms with van der Waals surface area (Å²) >= 11 is 0. The van der Waals surface area contributed by atoms with Crippen molar-refractivity contribution in [1.29, 1.82) is 0 Å². The number of amides is 1. The number of anilines is 1. The van der Waals surface area contributed by atoms with Crippen LogP contribution in [0.2, 0.25) is 0 Å². The van der Waals surface area contributed by atoms with Crippen molar-refractivity contribution in [2.75, 3.05) is 25.5 Å². The highest BCUT2D eigenvalue weighted by Gasteiger charge is 2.32. The molecule has 1 saturated carbocycles. The summed E-state index contributed by atoms with van der Waals surface area (Å²) in [4.78, 5) is 13.9. The molecule has 6 heteroatoms. The first-order chi connectivity index (χ1) is 9.82. The average Bonchev–Trinajstić information content (AvgIpc) is 3.21. The summed E-state index contributed by atoms with van der Waals surface area (Å²) in [6.45, 7) is 2.97. The van der Waals surface area contributed by atoms with Crippen molar-refractivity contribution in [2.45, 2.75) is 25.9 Å². The Kier molecular flexibility index (Phi) is 4.44. The summed E-state index contributed by atoms with van der Waals surface area (Å²) in [6, 6.07) is 3.25. The number of hydrogen-bond donors (Lipinski definition) is 1. The summed E-state index contributed by atoms with van der Waals surface area (Å²) in [5, 5.41) is 2.94. The SMILES string of the molecule is CCNc1ccc(C(F)(F)F)cc1C(=O)N(C)CC1CC1. The minimum absolute atomic E-state index is 0.0785. The van der Waals surface area contributed by atoms with Crippen LogP contribution in [0.25, 0.3) is 0 Å². The molecule has 1 aliphatic carbocycles. The molecule has 0 aromatic heterocycles. The third-order valence-corrected chi connectivity index (χ3v) is 3.52. The number of hydrogen-bond acceptors (Lipinski definition) is 2. The van der Waals surface area contributed by atoms with Crippen molar-refractivity contribution in [3.63, 3.8) is 0 Å². The first-order valence-electron chi connectivity index (χ1n) is 7.03. The van der Waals surface area contributed by atoms with Crippen LogP contribution >= 0.6 is 0 Å². The fourth-order valence-corrected chi connectivity index (χ4v) is 2.22. The van der Waals surface area contributed by atoms with Crippen LogP contribution in [0.3, 0.4) is 0 Å². The lowest BCUT2D eigenvalue weighted by molar-refractivity contribution is -0.137. The Bertz CT molecular complexity index is 524. The Labute approximate surface area is 122 Å². The van der Waals surface area contributed by atoms with Crippen molar-refractivity contribution >= 4 is 11.6 Å². The summed E-state index contributed by atoms with van der Waals surface area (Å²) in [5.74, 6) is 0.122. The molecule has 0 bridgehead atoms. The van der Waals surface area contributed by atoms with Crippen molar-refractivity contribution < 1.29 is 18.0 Å². The number of rotatable bonds is 5. The van der Waals surface area contributed by atoms with Gasteiger partial charge in [-0.15, -0.1) is 0 Å². The molecule has 0 unspecified atom stereocenters. The van der Waals surface area contributed by atoms with Gasteiger partial charge in [-0.1, -0.05) is 0 Å². The van der Waals surface area contributed by atoms with Crippen LogP contribution in [0.4, 0.5) is 18.9 Å². The van der Waals surface area contributed by atoms with Crippen molar-refractivity contribution in [3.05, 3.63) is 29.3 Å². The lowest BCUT2D eigenvalue weighted by Gasteiger charge is -2.20. The van der Waals surface area contributed by atoms with Gasteiger partial charge in [-0.3, -0.25) is 4.79 Å². The molecule has 116 valence electrons. The highest BCUT2D eigenvalue weighted by Crippen LogP contribution is 2.33. The fourth-order valence-electron chi connectivity index (χ4n) is 2.22. The van der Waals surface area contributed by atoms with E-state index in [0.29, 0.717) is 24.7 Å². The highest BCUT2D eigenvalue weighted by atomic mass is 19.4. The van der Waals surface area contributed by atoms with Crippen molar-refractivity contribution in [3.8, 4) is 0 Å². The van der Waals surface area contributed by atoms with E-state index in [2.05, 4.69) is 5.32 Å². The van der Waals surface area contributed by atoms with E-state index in [1.54, 1.807) is 7.05 Å². The lowest BCUT2D eigenvalue weighted by Crippen LogP contribution is -2.29.